The molecule has 0 saturated heterocycles. The molecule has 3 rings (SSSR count). The quantitative estimate of drug-likeness (QED) is 0.682. The zero-order chi connectivity index (χ0) is 16.6. The Kier molecular flexibility index (Phi) is 3.83. The van der Waals surface area contributed by atoms with E-state index in [0.29, 0.717) is 11.0 Å². The molecule has 0 aliphatic rings. The minimum absolute atomic E-state index is 0.115. The van der Waals surface area contributed by atoms with Crippen LogP contribution in [-0.4, -0.2) is 18.4 Å². The van der Waals surface area contributed by atoms with E-state index >= 15 is 0 Å². The van der Waals surface area contributed by atoms with Gasteiger partial charge in [-0.15, -0.1) is 0 Å². The largest absolute Gasteiger partial charge is 0.323 e. The van der Waals surface area contributed by atoms with E-state index in [1.165, 1.54) is 17.7 Å². The number of nitrogens with one attached hydrogen (secondary N) is 3. The Morgan fingerprint density at radius 3 is 2.43 bits per heavy atom. The van der Waals surface area contributed by atoms with Crippen LogP contribution in [0.5, 0.6) is 0 Å². The number of aryl methyl sites for hydroxylation is 2. The maximum atomic E-state index is 12.4. The van der Waals surface area contributed by atoms with E-state index in [2.05, 4.69) is 14.7 Å². The number of sulfonamides is 1. The molecule has 0 aliphatic heterocycles. The third kappa shape index (κ3) is 3.20. The lowest BCUT2D eigenvalue weighted by atomic mass is 10.1. The molecule has 2 aromatic carbocycles. The summed E-state index contributed by atoms with van der Waals surface area (Å²) in [5.74, 6) is 0. The number of aromatic amines is 2. The lowest BCUT2D eigenvalue weighted by molar-refractivity contribution is 0.581. The van der Waals surface area contributed by atoms with Gasteiger partial charge < -0.3 is 9.97 Å². The molecule has 0 spiro atoms. The maximum Gasteiger partial charge on any atom is 0.323 e. The molecular weight excluding hydrogens is 314 g/mol. The van der Waals surface area contributed by atoms with Gasteiger partial charge >= 0.3 is 5.69 Å². The normalized spacial score (nSPS) is 11.9. The van der Waals surface area contributed by atoms with Crippen molar-refractivity contribution in [2.45, 2.75) is 25.3 Å². The van der Waals surface area contributed by atoms with E-state index in [0.717, 1.165) is 11.1 Å². The second-order valence-corrected chi connectivity index (χ2v) is 7.30. The molecule has 0 amide bonds. The highest BCUT2D eigenvalue weighted by molar-refractivity contribution is 7.89. The molecule has 0 aliphatic carbocycles. The highest BCUT2D eigenvalue weighted by Gasteiger charge is 2.15. The van der Waals surface area contributed by atoms with Crippen LogP contribution in [0.25, 0.3) is 11.0 Å². The Bertz CT molecular complexity index is 1030. The molecule has 6 nitrogen and oxygen atoms in total. The lowest BCUT2D eigenvalue weighted by Crippen LogP contribution is -2.23. The van der Waals surface area contributed by atoms with Gasteiger partial charge in [0.1, 0.15) is 0 Å². The van der Waals surface area contributed by atoms with E-state index in [1.54, 1.807) is 6.07 Å². The standard InChI is InChI=1S/C16H17N3O3S/c1-10-3-4-12(7-11(10)2)9-17-23(21,22)13-5-6-14-15(8-13)19-16(20)18-14/h3-8,17H,9H2,1-2H3,(H2,18,19,20). The van der Waals surface area contributed by atoms with Crippen molar-refractivity contribution in [3.05, 3.63) is 63.6 Å². The van der Waals surface area contributed by atoms with Gasteiger partial charge in [0.05, 0.1) is 15.9 Å². The summed E-state index contributed by atoms with van der Waals surface area (Å²) < 4.78 is 27.4. The molecule has 0 atom stereocenters. The van der Waals surface area contributed by atoms with Crippen molar-refractivity contribution in [2.24, 2.45) is 0 Å². The first kappa shape index (κ1) is 15.5. The van der Waals surface area contributed by atoms with Crippen molar-refractivity contribution in [1.29, 1.82) is 0 Å². The summed E-state index contributed by atoms with van der Waals surface area (Å²) in [5, 5.41) is 0. The molecule has 7 heteroatoms. The second kappa shape index (κ2) is 5.68. The predicted molar refractivity (Wildman–Crippen MR) is 88.9 cm³/mol. The van der Waals surface area contributed by atoms with Gasteiger partial charge in [-0.3, -0.25) is 0 Å². The van der Waals surface area contributed by atoms with Gasteiger partial charge in [-0.1, -0.05) is 18.2 Å². The Morgan fingerprint density at radius 2 is 1.70 bits per heavy atom. The Balaban J connectivity index is 1.84. The van der Waals surface area contributed by atoms with E-state index < -0.39 is 10.0 Å². The Labute approximate surface area is 133 Å². The summed E-state index contributed by atoms with van der Waals surface area (Å²) in [6.07, 6.45) is 0. The minimum Gasteiger partial charge on any atom is -0.306 e. The van der Waals surface area contributed by atoms with Crippen LogP contribution < -0.4 is 10.4 Å². The predicted octanol–water partition coefficient (Wildman–Crippen LogP) is 1.95. The topological polar surface area (TPSA) is 94.8 Å². The van der Waals surface area contributed by atoms with Crippen LogP contribution in [0.2, 0.25) is 0 Å². The smallest absolute Gasteiger partial charge is 0.306 e. The summed E-state index contributed by atoms with van der Waals surface area (Å²) in [4.78, 5) is 16.5. The number of imidazole rings is 1. The van der Waals surface area contributed by atoms with Crippen molar-refractivity contribution < 1.29 is 8.42 Å². The van der Waals surface area contributed by atoms with Crippen LogP contribution in [-0.2, 0) is 16.6 Å². The minimum atomic E-state index is -3.65. The molecule has 1 heterocycles. The molecule has 23 heavy (non-hydrogen) atoms. The van der Waals surface area contributed by atoms with Crippen LogP contribution in [0.1, 0.15) is 16.7 Å². The Morgan fingerprint density at radius 1 is 0.957 bits per heavy atom. The van der Waals surface area contributed by atoms with Crippen LogP contribution in [0.4, 0.5) is 0 Å². The monoisotopic (exact) mass is 331 g/mol. The van der Waals surface area contributed by atoms with Crippen LogP contribution >= 0.6 is 0 Å². The van der Waals surface area contributed by atoms with Gasteiger partial charge in [-0.2, -0.15) is 0 Å². The fourth-order valence-electron chi connectivity index (χ4n) is 2.35. The third-order valence-electron chi connectivity index (χ3n) is 3.84. The molecule has 3 N–H and O–H groups in total. The zero-order valence-electron chi connectivity index (χ0n) is 12.8. The molecule has 120 valence electrons. The van der Waals surface area contributed by atoms with Gasteiger partial charge in [0.25, 0.3) is 0 Å². The van der Waals surface area contributed by atoms with Crippen LogP contribution in [0, 0.1) is 13.8 Å². The Hall–Kier alpha value is -2.38. The first-order valence-corrected chi connectivity index (χ1v) is 8.61. The van der Waals surface area contributed by atoms with Gasteiger partial charge in [-0.05, 0) is 48.7 Å². The van der Waals surface area contributed by atoms with E-state index in [9.17, 15) is 13.2 Å². The zero-order valence-corrected chi connectivity index (χ0v) is 13.6. The van der Waals surface area contributed by atoms with Crippen molar-refractivity contribution in [3.8, 4) is 0 Å². The molecule has 0 unspecified atom stereocenters. The number of aromatic nitrogens is 2. The van der Waals surface area contributed by atoms with Crippen LogP contribution in [0.3, 0.4) is 0 Å². The molecule has 0 saturated carbocycles. The lowest BCUT2D eigenvalue weighted by Gasteiger charge is -2.08. The van der Waals surface area contributed by atoms with Crippen molar-refractivity contribution in [2.75, 3.05) is 0 Å². The van der Waals surface area contributed by atoms with Gasteiger partial charge in [0.15, 0.2) is 0 Å². The summed E-state index contributed by atoms with van der Waals surface area (Å²) in [6, 6.07) is 10.3. The van der Waals surface area contributed by atoms with Crippen LogP contribution in [0.15, 0.2) is 46.1 Å². The fraction of sp³-hybridized carbons (Fsp3) is 0.188. The summed E-state index contributed by atoms with van der Waals surface area (Å²) in [6.45, 7) is 4.21. The van der Waals surface area contributed by atoms with E-state index in [-0.39, 0.29) is 17.1 Å². The summed E-state index contributed by atoms with van der Waals surface area (Å²) in [5.41, 5.74) is 3.85. The number of hydrogen-bond donors (Lipinski definition) is 3. The van der Waals surface area contributed by atoms with Crippen molar-refractivity contribution >= 4 is 21.1 Å². The van der Waals surface area contributed by atoms with E-state index in [1.807, 2.05) is 32.0 Å². The van der Waals surface area contributed by atoms with Crippen molar-refractivity contribution in [1.82, 2.24) is 14.7 Å². The van der Waals surface area contributed by atoms with Gasteiger partial charge in [0.2, 0.25) is 10.0 Å². The van der Waals surface area contributed by atoms with Crippen molar-refractivity contribution in [3.63, 3.8) is 0 Å². The average molecular weight is 331 g/mol. The number of benzene rings is 2. The second-order valence-electron chi connectivity index (χ2n) is 5.53. The molecule has 0 radical (unpaired) electrons. The van der Waals surface area contributed by atoms with Gasteiger partial charge in [-0.25, -0.2) is 17.9 Å². The van der Waals surface area contributed by atoms with E-state index in [4.69, 9.17) is 0 Å². The molecular formula is C16H17N3O3S. The van der Waals surface area contributed by atoms with Gasteiger partial charge in [0, 0.05) is 6.54 Å². The highest BCUT2D eigenvalue weighted by atomic mass is 32.2. The third-order valence-corrected chi connectivity index (χ3v) is 5.23. The molecule has 0 bridgehead atoms. The number of H-pyrrole nitrogens is 2. The first-order chi connectivity index (χ1) is 10.8. The molecule has 3 aromatic rings. The average Bonchev–Trinajstić information content (AvgIpc) is 2.87. The summed E-state index contributed by atoms with van der Waals surface area (Å²) in [7, 11) is -3.65. The fourth-order valence-corrected chi connectivity index (χ4v) is 3.40. The number of hydrogen-bond acceptors (Lipinski definition) is 3. The summed E-state index contributed by atoms with van der Waals surface area (Å²) >= 11 is 0. The number of rotatable bonds is 4. The maximum absolute atomic E-state index is 12.4. The number of fused-ring (bicyclic) bond motifs is 1. The molecule has 1 aromatic heterocycles. The first-order valence-electron chi connectivity index (χ1n) is 7.13. The molecule has 0 fully saturated rings. The highest BCUT2D eigenvalue weighted by Crippen LogP contribution is 2.16. The SMILES string of the molecule is Cc1ccc(CNS(=O)(=O)c2ccc3[nH]c(=O)[nH]c3c2)cc1C.